The van der Waals surface area contributed by atoms with Crippen molar-refractivity contribution < 1.29 is 14.6 Å². The maximum Gasteiger partial charge on any atom is 0.235 e. The third kappa shape index (κ3) is 2.34. The Morgan fingerprint density at radius 1 is 1.39 bits per heavy atom. The number of amides is 1. The number of ether oxygens (including phenoxy) is 1. The van der Waals surface area contributed by atoms with E-state index >= 15 is 0 Å². The topological polar surface area (TPSA) is 49.8 Å². The van der Waals surface area contributed by atoms with Gasteiger partial charge < -0.3 is 14.7 Å². The average molecular weight is 249 g/mol. The van der Waals surface area contributed by atoms with E-state index in [-0.39, 0.29) is 12.5 Å². The highest BCUT2D eigenvalue weighted by atomic mass is 16.5. The van der Waals surface area contributed by atoms with Gasteiger partial charge in [0.1, 0.15) is 5.75 Å². The zero-order valence-corrected chi connectivity index (χ0v) is 10.8. The van der Waals surface area contributed by atoms with Crippen LogP contribution in [0.3, 0.4) is 0 Å². The lowest BCUT2D eigenvalue weighted by molar-refractivity contribution is -0.124. The van der Waals surface area contributed by atoms with Gasteiger partial charge in [-0.05, 0) is 44.0 Å². The molecule has 1 fully saturated rings. The molecule has 0 unspecified atom stereocenters. The molecule has 1 aromatic rings. The van der Waals surface area contributed by atoms with E-state index in [0.29, 0.717) is 6.61 Å². The van der Waals surface area contributed by atoms with E-state index in [4.69, 9.17) is 4.74 Å². The molecule has 1 aliphatic rings. The molecule has 1 aromatic carbocycles. The van der Waals surface area contributed by atoms with Crippen LogP contribution in [0.15, 0.2) is 24.3 Å². The molecule has 0 aliphatic heterocycles. The van der Waals surface area contributed by atoms with Gasteiger partial charge in [0.25, 0.3) is 0 Å². The smallest absolute Gasteiger partial charge is 0.235 e. The molecule has 1 N–H and O–H groups in total. The fourth-order valence-corrected chi connectivity index (χ4v) is 2.00. The van der Waals surface area contributed by atoms with Crippen LogP contribution in [0.5, 0.6) is 5.75 Å². The summed E-state index contributed by atoms with van der Waals surface area (Å²) in [6.45, 7) is 2.50. The van der Waals surface area contributed by atoms with Crippen molar-refractivity contribution in [3.05, 3.63) is 24.3 Å². The van der Waals surface area contributed by atoms with E-state index in [9.17, 15) is 9.90 Å². The van der Waals surface area contributed by atoms with Gasteiger partial charge in [-0.1, -0.05) is 0 Å². The lowest BCUT2D eigenvalue weighted by Crippen LogP contribution is -2.36. The Morgan fingerprint density at radius 2 is 2.00 bits per heavy atom. The Labute approximate surface area is 107 Å². The Morgan fingerprint density at radius 3 is 2.44 bits per heavy atom. The summed E-state index contributed by atoms with van der Waals surface area (Å²) >= 11 is 0. The second-order valence-electron chi connectivity index (χ2n) is 4.73. The maximum atomic E-state index is 12.2. The first-order chi connectivity index (χ1) is 8.63. The zero-order chi connectivity index (χ0) is 13.2. The minimum Gasteiger partial charge on any atom is -0.494 e. The number of rotatable bonds is 5. The summed E-state index contributed by atoms with van der Waals surface area (Å²) < 4.78 is 5.36. The normalized spacial score (nSPS) is 16.2. The Bertz CT molecular complexity index is 423. The van der Waals surface area contributed by atoms with E-state index in [1.54, 1.807) is 11.9 Å². The van der Waals surface area contributed by atoms with Gasteiger partial charge in [0.2, 0.25) is 5.91 Å². The fourth-order valence-electron chi connectivity index (χ4n) is 2.00. The SMILES string of the molecule is CCOc1ccc(N(C)C(=O)C2(CO)CC2)cc1. The molecule has 4 heteroatoms. The molecule has 4 nitrogen and oxygen atoms in total. The van der Waals surface area contributed by atoms with Crippen LogP contribution in [0, 0.1) is 5.41 Å². The Hall–Kier alpha value is -1.55. The molecule has 0 saturated heterocycles. The number of hydrogen-bond donors (Lipinski definition) is 1. The van der Waals surface area contributed by atoms with Crippen molar-refractivity contribution in [3.63, 3.8) is 0 Å². The lowest BCUT2D eigenvalue weighted by Gasteiger charge is -2.22. The molecule has 1 amide bonds. The molecular weight excluding hydrogens is 230 g/mol. The van der Waals surface area contributed by atoms with Crippen molar-refractivity contribution in [2.45, 2.75) is 19.8 Å². The van der Waals surface area contributed by atoms with Crippen molar-refractivity contribution in [1.82, 2.24) is 0 Å². The molecule has 0 heterocycles. The van der Waals surface area contributed by atoms with E-state index in [1.165, 1.54) is 0 Å². The number of anilines is 1. The number of hydrogen-bond acceptors (Lipinski definition) is 3. The van der Waals surface area contributed by atoms with E-state index in [2.05, 4.69) is 0 Å². The minimum atomic E-state index is -0.520. The molecule has 1 aliphatic carbocycles. The molecule has 2 rings (SSSR count). The van der Waals surface area contributed by atoms with Gasteiger partial charge in [0.05, 0.1) is 18.6 Å². The summed E-state index contributed by atoms with van der Waals surface area (Å²) in [7, 11) is 1.74. The third-order valence-electron chi connectivity index (χ3n) is 3.45. The molecular formula is C14H19NO3. The summed E-state index contributed by atoms with van der Waals surface area (Å²) in [4.78, 5) is 13.8. The second kappa shape index (κ2) is 4.98. The highest BCUT2D eigenvalue weighted by Gasteiger charge is 2.50. The first-order valence-corrected chi connectivity index (χ1v) is 6.25. The van der Waals surface area contributed by atoms with Gasteiger partial charge >= 0.3 is 0 Å². The van der Waals surface area contributed by atoms with Crippen LogP contribution in [-0.4, -0.2) is 31.3 Å². The first-order valence-electron chi connectivity index (χ1n) is 6.25. The first kappa shape index (κ1) is 12.9. The van der Waals surface area contributed by atoms with Crippen LogP contribution >= 0.6 is 0 Å². The highest BCUT2D eigenvalue weighted by Crippen LogP contribution is 2.47. The lowest BCUT2D eigenvalue weighted by atomic mass is 10.1. The van der Waals surface area contributed by atoms with Crippen LogP contribution in [0.2, 0.25) is 0 Å². The third-order valence-corrected chi connectivity index (χ3v) is 3.45. The van der Waals surface area contributed by atoms with E-state index in [1.807, 2.05) is 31.2 Å². The number of benzene rings is 1. The van der Waals surface area contributed by atoms with Crippen molar-refractivity contribution in [1.29, 1.82) is 0 Å². The van der Waals surface area contributed by atoms with Crippen LogP contribution in [-0.2, 0) is 4.79 Å². The van der Waals surface area contributed by atoms with Gasteiger partial charge in [0.15, 0.2) is 0 Å². The van der Waals surface area contributed by atoms with E-state index in [0.717, 1.165) is 24.3 Å². The van der Waals surface area contributed by atoms with Crippen molar-refractivity contribution >= 4 is 11.6 Å². The maximum absolute atomic E-state index is 12.2. The Kier molecular flexibility index (Phi) is 3.57. The monoisotopic (exact) mass is 249 g/mol. The Balaban J connectivity index is 2.09. The van der Waals surface area contributed by atoms with Crippen molar-refractivity contribution in [3.8, 4) is 5.75 Å². The number of carbonyl (C=O) groups excluding carboxylic acids is 1. The van der Waals surface area contributed by atoms with Crippen LogP contribution < -0.4 is 9.64 Å². The van der Waals surface area contributed by atoms with Crippen LogP contribution in [0.25, 0.3) is 0 Å². The summed E-state index contributed by atoms with van der Waals surface area (Å²) in [5.41, 5.74) is 0.302. The largest absolute Gasteiger partial charge is 0.494 e. The summed E-state index contributed by atoms with van der Waals surface area (Å²) in [6, 6.07) is 7.41. The molecule has 1 saturated carbocycles. The number of aliphatic hydroxyl groups excluding tert-OH is 1. The van der Waals surface area contributed by atoms with Crippen LogP contribution in [0.1, 0.15) is 19.8 Å². The summed E-state index contributed by atoms with van der Waals surface area (Å²) in [5, 5.41) is 9.27. The molecule has 0 spiro atoms. The summed E-state index contributed by atoms with van der Waals surface area (Å²) in [5.74, 6) is 0.791. The highest BCUT2D eigenvalue weighted by molar-refractivity contribution is 5.99. The molecule has 0 aromatic heterocycles. The van der Waals surface area contributed by atoms with Crippen molar-refractivity contribution in [2.24, 2.45) is 5.41 Å². The zero-order valence-electron chi connectivity index (χ0n) is 10.8. The number of nitrogens with zero attached hydrogens (tertiary/aromatic N) is 1. The predicted molar refractivity (Wildman–Crippen MR) is 69.8 cm³/mol. The molecule has 0 atom stereocenters. The minimum absolute atomic E-state index is 0.00541. The quantitative estimate of drug-likeness (QED) is 0.866. The molecule has 98 valence electrons. The average Bonchev–Trinajstić information content (AvgIpc) is 3.19. The number of aliphatic hydroxyl groups is 1. The fraction of sp³-hybridized carbons (Fsp3) is 0.500. The number of carbonyl (C=O) groups is 1. The van der Waals surface area contributed by atoms with E-state index < -0.39 is 5.41 Å². The van der Waals surface area contributed by atoms with Crippen LogP contribution in [0.4, 0.5) is 5.69 Å². The standard InChI is InChI=1S/C14H19NO3/c1-3-18-12-6-4-11(5-7-12)15(2)13(17)14(10-16)8-9-14/h4-7,16H,3,8-10H2,1-2H3. The molecule has 0 radical (unpaired) electrons. The van der Waals surface area contributed by atoms with Gasteiger partial charge in [-0.15, -0.1) is 0 Å². The van der Waals surface area contributed by atoms with Gasteiger partial charge in [-0.3, -0.25) is 4.79 Å². The second-order valence-corrected chi connectivity index (χ2v) is 4.73. The van der Waals surface area contributed by atoms with Gasteiger partial charge in [-0.25, -0.2) is 0 Å². The summed E-state index contributed by atoms with van der Waals surface area (Å²) in [6.07, 6.45) is 1.56. The van der Waals surface area contributed by atoms with Crippen molar-refractivity contribution in [2.75, 3.05) is 25.2 Å². The van der Waals surface area contributed by atoms with Gasteiger partial charge in [0, 0.05) is 12.7 Å². The predicted octanol–water partition coefficient (Wildman–Crippen LogP) is 1.82. The molecule has 0 bridgehead atoms. The van der Waals surface area contributed by atoms with Gasteiger partial charge in [-0.2, -0.15) is 0 Å². The molecule has 18 heavy (non-hydrogen) atoms.